The average Bonchev–Trinajstić information content (AvgIpc) is 2.48. The first kappa shape index (κ1) is 18.7. The molecule has 1 aromatic carbocycles. The van der Waals surface area contributed by atoms with Crippen molar-refractivity contribution in [2.45, 2.75) is 26.1 Å². The van der Waals surface area contributed by atoms with E-state index in [9.17, 15) is 9.59 Å². The van der Waals surface area contributed by atoms with E-state index in [4.69, 9.17) is 16.3 Å². The summed E-state index contributed by atoms with van der Waals surface area (Å²) in [5.41, 5.74) is 0.694. The molecule has 2 rings (SSSR count). The average molecular weight is 355 g/mol. The molecule has 2 amide bonds. The number of rotatable bonds is 5. The second-order valence-corrected chi connectivity index (χ2v) is 6.86. The number of ether oxygens (including phenoxy) is 1. The number of carbonyl (C=O) groups excluding carboxylic acids is 2. The van der Waals surface area contributed by atoms with E-state index >= 15 is 0 Å². The third-order valence-corrected chi connectivity index (χ3v) is 4.07. The number of halogens is 1. The van der Waals surface area contributed by atoms with Gasteiger partial charge in [0.1, 0.15) is 0 Å². The molecule has 6 nitrogen and oxygen atoms in total. The Balaban J connectivity index is 1.79. The van der Waals surface area contributed by atoms with Crippen LogP contribution in [0.3, 0.4) is 0 Å². The first-order valence-corrected chi connectivity index (χ1v) is 8.51. The Morgan fingerprint density at radius 1 is 1.21 bits per heavy atom. The van der Waals surface area contributed by atoms with Gasteiger partial charge in [-0.1, -0.05) is 11.6 Å². The van der Waals surface area contributed by atoms with Crippen LogP contribution in [0.1, 0.15) is 13.8 Å². The number of quaternary nitrogens is 1. The number of nitrogens with zero attached hydrogens (tertiary/aromatic N) is 1. The summed E-state index contributed by atoms with van der Waals surface area (Å²) in [5, 5.41) is 3.42. The number of morpholine rings is 1. The number of benzene rings is 1. The van der Waals surface area contributed by atoms with E-state index in [-0.39, 0.29) is 37.1 Å². The van der Waals surface area contributed by atoms with Crippen LogP contribution in [-0.2, 0) is 14.3 Å². The molecule has 1 aromatic rings. The molecule has 1 saturated heterocycles. The molecule has 3 atom stereocenters. The van der Waals surface area contributed by atoms with Crippen molar-refractivity contribution in [2.24, 2.45) is 0 Å². The van der Waals surface area contributed by atoms with E-state index in [2.05, 4.69) is 5.32 Å². The summed E-state index contributed by atoms with van der Waals surface area (Å²) in [6.45, 7) is 5.65. The van der Waals surface area contributed by atoms with Gasteiger partial charge in [0.15, 0.2) is 13.1 Å². The zero-order valence-corrected chi connectivity index (χ0v) is 15.1. The maximum absolute atomic E-state index is 12.4. The molecule has 1 aliphatic rings. The second kappa shape index (κ2) is 8.46. The smallest absolute Gasteiger partial charge is 0.279 e. The highest BCUT2D eigenvalue weighted by Gasteiger charge is 2.27. The summed E-state index contributed by atoms with van der Waals surface area (Å²) in [5.74, 6) is -0.0832. The van der Waals surface area contributed by atoms with E-state index in [1.165, 1.54) is 0 Å². The fourth-order valence-electron chi connectivity index (χ4n) is 2.83. The van der Waals surface area contributed by atoms with E-state index < -0.39 is 0 Å². The van der Waals surface area contributed by atoms with E-state index in [1.807, 2.05) is 25.8 Å². The van der Waals surface area contributed by atoms with Crippen LogP contribution in [0.5, 0.6) is 0 Å². The van der Waals surface area contributed by atoms with Crippen LogP contribution in [0.4, 0.5) is 5.69 Å². The molecule has 0 radical (unpaired) electrons. The van der Waals surface area contributed by atoms with Crippen molar-refractivity contribution >= 4 is 29.1 Å². The number of likely N-dealkylation sites (N-methyl/N-ethyl adjacent to an activating group) is 1. The summed E-state index contributed by atoms with van der Waals surface area (Å²) in [4.78, 5) is 27.1. The molecule has 1 aliphatic heterocycles. The molecule has 24 heavy (non-hydrogen) atoms. The maximum Gasteiger partial charge on any atom is 0.279 e. The van der Waals surface area contributed by atoms with Crippen molar-refractivity contribution in [3.63, 3.8) is 0 Å². The van der Waals surface area contributed by atoms with Gasteiger partial charge in [0.2, 0.25) is 0 Å². The summed E-state index contributed by atoms with van der Waals surface area (Å²) in [7, 11) is 1.84. The lowest BCUT2D eigenvalue weighted by atomic mass is 10.2. The van der Waals surface area contributed by atoms with Gasteiger partial charge in [0, 0.05) is 23.8 Å². The Hall–Kier alpha value is -1.63. The first-order valence-electron chi connectivity index (χ1n) is 8.13. The molecular weight excluding hydrogens is 330 g/mol. The summed E-state index contributed by atoms with van der Waals surface area (Å²) >= 11 is 5.82. The van der Waals surface area contributed by atoms with Crippen LogP contribution in [0.25, 0.3) is 0 Å². The molecule has 0 aliphatic carbocycles. The van der Waals surface area contributed by atoms with Crippen molar-refractivity contribution in [3.8, 4) is 0 Å². The zero-order valence-electron chi connectivity index (χ0n) is 14.3. The molecule has 0 bridgehead atoms. The SMILES string of the molecule is C[C@@H]1CN(C(=O)C[NH+](C)CC(=O)Nc2ccc(Cl)cc2)C[C@H](C)O1. The highest BCUT2D eigenvalue weighted by Crippen LogP contribution is 2.13. The normalized spacial score (nSPS) is 22.1. The second-order valence-electron chi connectivity index (χ2n) is 6.42. The molecule has 1 fully saturated rings. The number of anilines is 1. The fraction of sp³-hybridized carbons (Fsp3) is 0.529. The van der Waals surface area contributed by atoms with Gasteiger partial charge < -0.3 is 19.9 Å². The van der Waals surface area contributed by atoms with Gasteiger partial charge in [-0.3, -0.25) is 9.59 Å². The number of carbonyl (C=O) groups is 2. The standard InChI is InChI=1S/C17H24ClN3O3/c1-12-8-21(9-13(2)24-12)17(23)11-20(3)10-16(22)19-15-6-4-14(18)5-7-15/h4-7,12-13H,8-11H2,1-3H3,(H,19,22)/p+1/t12-,13+. The van der Waals surface area contributed by atoms with Crippen LogP contribution in [-0.4, -0.2) is 62.1 Å². The van der Waals surface area contributed by atoms with Crippen LogP contribution < -0.4 is 10.2 Å². The molecule has 0 aromatic heterocycles. The quantitative estimate of drug-likeness (QED) is 0.806. The van der Waals surface area contributed by atoms with Gasteiger partial charge >= 0.3 is 0 Å². The predicted octanol–water partition coefficient (Wildman–Crippen LogP) is 0.429. The molecular formula is C17H25ClN3O3+. The highest BCUT2D eigenvalue weighted by molar-refractivity contribution is 6.30. The van der Waals surface area contributed by atoms with Crippen molar-refractivity contribution in [1.82, 2.24) is 4.90 Å². The zero-order chi connectivity index (χ0) is 17.7. The highest BCUT2D eigenvalue weighted by atomic mass is 35.5. The molecule has 132 valence electrons. The van der Waals surface area contributed by atoms with Crippen LogP contribution >= 0.6 is 11.6 Å². The number of hydrogen-bond acceptors (Lipinski definition) is 3. The van der Waals surface area contributed by atoms with Crippen molar-refractivity contribution in [1.29, 1.82) is 0 Å². The molecule has 7 heteroatoms. The molecule has 2 N–H and O–H groups in total. The van der Waals surface area contributed by atoms with Gasteiger partial charge in [-0.15, -0.1) is 0 Å². The van der Waals surface area contributed by atoms with Gasteiger partial charge in [-0.2, -0.15) is 0 Å². The lowest BCUT2D eigenvalue weighted by Gasteiger charge is -2.35. The van der Waals surface area contributed by atoms with E-state index in [1.54, 1.807) is 24.3 Å². The van der Waals surface area contributed by atoms with E-state index in [0.29, 0.717) is 23.8 Å². The van der Waals surface area contributed by atoms with Crippen LogP contribution in [0.2, 0.25) is 5.02 Å². The first-order chi connectivity index (χ1) is 11.3. The summed E-state index contributed by atoms with van der Waals surface area (Å²) in [6.07, 6.45) is 0.0948. The predicted molar refractivity (Wildman–Crippen MR) is 93.3 cm³/mol. The summed E-state index contributed by atoms with van der Waals surface area (Å²) in [6, 6.07) is 6.94. The van der Waals surface area contributed by atoms with Crippen molar-refractivity contribution in [3.05, 3.63) is 29.3 Å². The monoisotopic (exact) mass is 354 g/mol. The minimum absolute atomic E-state index is 0.0474. The summed E-state index contributed by atoms with van der Waals surface area (Å²) < 4.78 is 5.64. The van der Waals surface area contributed by atoms with Gasteiger partial charge in [0.25, 0.3) is 11.8 Å². The number of amides is 2. The topological polar surface area (TPSA) is 63.1 Å². The third kappa shape index (κ3) is 5.78. The molecule has 1 heterocycles. The Labute approximate surface area is 147 Å². The number of hydrogen-bond donors (Lipinski definition) is 2. The van der Waals surface area contributed by atoms with Gasteiger partial charge in [-0.05, 0) is 38.1 Å². The Morgan fingerprint density at radius 3 is 2.38 bits per heavy atom. The van der Waals surface area contributed by atoms with Crippen LogP contribution in [0, 0.1) is 0 Å². The largest absolute Gasteiger partial charge is 0.372 e. The minimum atomic E-state index is -0.133. The van der Waals surface area contributed by atoms with Gasteiger partial charge in [-0.25, -0.2) is 0 Å². The lowest BCUT2D eigenvalue weighted by molar-refractivity contribution is -0.862. The minimum Gasteiger partial charge on any atom is -0.372 e. The molecule has 1 unspecified atom stereocenters. The fourth-order valence-corrected chi connectivity index (χ4v) is 2.95. The molecule has 0 spiro atoms. The van der Waals surface area contributed by atoms with E-state index in [0.717, 1.165) is 4.90 Å². The van der Waals surface area contributed by atoms with Crippen molar-refractivity contribution < 1.29 is 19.2 Å². The Kier molecular flexibility index (Phi) is 6.60. The van der Waals surface area contributed by atoms with Crippen molar-refractivity contribution in [2.75, 3.05) is 38.5 Å². The van der Waals surface area contributed by atoms with Crippen LogP contribution in [0.15, 0.2) is 24.3 Å². The number of nitrogens with one attached hydrogen (secondary N) is 2. The molecule has 0 saturated carbocycles. The third-order valence-electron chi connectivity index (χ3n) is 3.82. The van der Waals surface area contributed by atoms with Gasteiger partial charge in [0.05, 0.1) is 19.3 Å². The Bertz CT molecular complexity index is 569. The maximum atomic E-state index is 12.4. The lowest BCUT2D eigenvalue weighted by Crippen LogP contribution is -3.11. The Morgan fingerprint density at radius 2 is 1.79 bits per heavy atom.